The van der Waals surface area contributed by atoms with Crippen LogP contribution in [0, 0.1) is 0 Å². The van der Waals surface area contributed by atoms with E-state index < -0.39 is 0 Å². The lowest BCUT2D eigenvalue weighted by Crippen LogP contribution is -2.26. The van der Waals surface area contributed by atoms with E-state index in [4.69, 9.17) is 20.8 Å². The van der Waals surface area contributed by atoms with E-state index in [1.54, 1.807) is 48.8 Å². The highest BCUT2D eigenvalue weighted by Gasteiger charge is 2.16. The summed E-state index contributed by atoms with van der Waals surface area (Å²) in [5.41, 5.74) is 0.956. The van der Waals surface area contributed by atoms with Gasteiger partial charge in [-0.2, -0.15) is 0 Å². The number of hydrogen-bond donors (Lipinski definition) is 1. The van der Waals surface area contributed by atoms with Gasteiger partial charge in [0, 0.05) is 18.5 Å². The molecule has 5 nitrogen and oxygen atoms in total. The number of nitrogens with zero attached hydrogens (tertiary/aromatic N) is 1. The summed E-state index contributed by atoms with van der Waals surface area (Å²) in [6.07, 6.45) is 3.36. The molecule has 0 aliphatic heterocycles. The lowest BCUT2D eigenvalue weighted by Gasteiger charge is -2.12. The number of carbonyl (C=O) groups excluding carboxylic acids is 1. The minimum atomic E-state index is -0.326. The number of furan rings is 1. The first-order valence-electron chi connectivity index (χ1n) is 7.36. The van der Waals surface area contributed by atoms with Crippen molar-refractivity contribution in [2.24, 2.45) is 0 Å². The third-order valence-corrected chi connectivity index (χ3v) is 3.72. The molecule has 1 aromatic carbocycles. The number of benzene rings is 1. The number of hydrogen-bond acceptors (Lipinski definition) is 4. The van der Waals surface area contributed by atoms with Gasteiger partial charge in [0.15, 0.2) is 5.76 Å². The zero-order valence-corrected chi connectivity index (χ0v) is 13.7. The van der Waals surface area contributed by atoms with Crippen LogP contribution in [0.25, 0.3) is 0 Å². The van der Waals surface area contributed by atoms with Crippen molar-refractivity contribution in [2.75, 3.05) is 0 Å². The molecule has 0 saturated heterocycles. The maximum absolute atomic E-state index is 12.3. The minimum absolute atomic E-state index is 0.165. The van der Waals surface area contributed by atoms with Crippen LogP contribution >= 0.6 is 11.6 Å². The van der Waals surface area contributed by atoms with Gasteiger partial charge in [0.05, 0.1) is 11.1 Å². The molecule has 0 radical (unpaired) electrons. The Labute approximate surface area is 144 Å². The van der Waals surface area contributed by atoms with Crippen molar-refractivity contribution in [3.05, 3.63) is 77.3 Å². The average molecular weight is 343 g/mol. The van der Waals surface area contributed by atoms with E-state index in [1.165, 1.54) is 0 Å². The molecule has 0 aliphatic carbocycles. The predicted molar refractivity (Wildman–Crippen MR) is 90.4 cm³/mol. The quantitative estimate of drug-likeness (QED) is 0.735. The molecule has 3 rings (SSSR count). The van der Waals surface area contributed by atoms with E-state index in [-0.39, 0.29) is 23.7 Å². The van der Waals surface area contributed by atoms with Crippen LogP contribution in [0.5, 0.6) is 11.7 Å². The van der Waals surface area contributed by atoms with E-state index in [0.29, 0.717) is 10.8 Å². The van der Waals surface area contributed by atoms with Crippen molar-refractivity contribution in [3.63, 3.8) is 0 Å². The zero-order valence-electron chi connectivity index (χ0n) is 12.9. The Kier molecular flexibility index (Phi) is 4.82. The summed E-state index contributed by atoms with van der Waals surface area (Å²) in [5, 5.41) is 3.32. The second-order valence-corrected chi connectivity index (χ2v) is 5.53. The van der Waals surface area contributed by atoms with Crippen LogP contribution in [0.4, 0.5) is 0 Å². The summed E-state index contributed by atoms with van der Waals surface area (Å²) in [7, 11) is 0. The van der Waals surface area contributed by atoms with Crippen LogP contribution in [0.2, 0.25) is 5.02 Å². The number of aromatic nitrogens is 1. The molecule has 0 saturated carbocycles. The van der Waals surface area contributed by atoms with Gasteiger partial charge in [-0.1, -0.05) is 23.7 Å². The predicted octanol–water partition coefficient (Wildman–Crippen LogP) is 4.61. The van der Waals surface area contributed by atoms with E-state index in [2.05, 4.69) is 10.3 Å². The molecule has 2 heterocycles. The Balaban J connectivity index is 1.67. The molecular weight excluding hydrogens is 328 g/mol. The first-order valence-corrected chi connectivity index (χ1v) is 7.74. The average Bonchev–Trinajstić information content (AvgIpc) is 3.06. The molecule has 0 aliphatic rings. The summed E-state index contributed by atoms with van der Waals surface area (Å²) >= 11 is 6.03. The van der Waals surface area contributed by atoms with Crippen molar-refractivity contribution in [2.45, 2.75) is 13.0 Å². The molecule has 1 N–H and O–H groups in total. The van der Waals surface area contributed by atoms with Gasteiger partial charge in [0.25, 0.3) is 11.9 Å². The summed E-state index contributed by atoms with van der Waals surface area (Å²) in [4.78, 5) is 16.2. The first-order chi connectivity index (χ1) is 11.6. The first kappa shape index (κ1) is 16.1. The molecule has 0 spiro atoms. The molecule has 0 fully saturated rings. The SMILES string of the molecule is C[C@H](NC(=O)c1ccc(Oc2ccccc2Cl)o1)c1ccncc1. The number of para-hydroxylation sites is 1. The fourth-order valence-electron chi connectivity index (χ4n) is 2.14. The van der Waals surface area contributed by atoms with Crippen molar-refractivity contribution in [1.82, 2.24) is 10.3 Å². The third-order valence-electron chi connectivity index (χ3n) is 3.41. The molecule has 0 bridgehead atoms. The van der Waals surface area contributed by atoms with Crippen LogP contribution in [0.15, 0.2) is 65.3 Å². The highest BCUT2D eigenvalue weighted by atomic mass is 35.5. The summed E-state index contributed by atoms with van der Waals surface area (Å²) in [6.45, 7) is 1.89. The van der Waals surface area contributed by atoms with E-state index in [0.717, 1.165) is 5.56 Å². The second kappa shape index (κ2) is 7.19. The van der Waals surface area contributed by atoms with Crippen LogP contribution in [0.1, 0.15) is 29.1 Å². The molecule has 2 aromatic heterocycles. The van der Waals surface area contributed by atoms with Gasteiger partial charge in [0.2, 0.25) is 0 Å². The van der Waals surface area contributed by atoms with Gasteiger partial charge in [-0.3, -0.25) is 9.78 Å². The molecule has 1 atom stereocenters. The van der Waals surface area contributed by atoms with E-state index in [9.17, 15) is 4.79 Å². The summed E-state index contributed by atoms with van der Waals surface area (Å²) in [5.74, 6) is 0.502. The fraction of sp³-hybridized carbons (Fsp3) is 0.111. The number of ether oxygens (including phenoxy) is 1. The molecule has 24 heavy (non-hydrogen) atoms. The third kappa shape index (κ3) is 3.75. The van der Waals surface area contributed by atoms with Gasteiger partial charge < -0.3 is 14.5 Å². The van der Waals surface area contributed by atoms with Gasteiger partial charge in [-0.25, -0.2) is 0 Å². The van der Waals surface area contributed by atoms with Gasteiger partial charge in [-0.15, -0.1) is 0 Å². The van der Waals surface area contributed by atoms with Gasteiger partial charge in [-0.05, 0) is 42.8 Å². The monoisotopic (exact) mass is 342 g/mol. The molecular formula is C18H15ClN2O3. The Bertz CT molecular complexity index is 833. The molecule has 0 unspecified atom stereocenters. The Morgan fingerprint density at radius 2 is 1.92 bits per heavy atom. The topological polar surface area (TPSA) is 64.4 Å². The van der Waals surface area contributed by atoms with Gasteiger partial charge >= 0.3 is 0 Å². The van der Waals surface area contributed by atoms with Crippen molar-refractivity contribution >= 4 is 17.5 Å². The molecule has 3 aromatic rings. The van der Waals surface area contributed by atoms with E-state index in [1.807, 2.05) is 19.1 Å². The zero-order chi connectivity index (χ0) is 16.9. The summed E-state index contributed by atoms with van der Waals surface area (Å²) < 4.78 is 11.0. The fourth-order valence-corrected chi connectivity index (χ4v) is 2.31. The molecule has 6 heteroatoms. The normalized spacial score (nSPS) is 11.8. The maximum Gasteiger partial charge on any atom is 0.290 e. The van der Waals surface area contributed by atoms with Crippen molar-refractivity contribution in [3.8, 4) is 11.7 Å². The van der Waals surface area contributed by atoms with E-state index >= 15 is 0 Å². The van der Waals surface area contributed by atoms with Crippen LogP contribution in [0.3, 0.4) is 0 Å². The van der Waals surface area contributed by atoms with Crippen LogP contribution in [-0.2, 0) is 0 Å². The number of nitrogens with one attached hydrogen (secondary N) is 1. The smallest absolute Gasteiger partial charge is 0.290 e. The number of amides is 1. The minimum Gasteiger partial charge on any atom is -0.424 e. The maximum atomic E-state index is 12.3. The highest BCUT2D eigenvalue weighted by molar-refractivity contribution is 6.32. The Hall–Kier alpha value is -2.79. The highest BCUT2D eigenvalue weighted by Crippen LogP contribution is 2.30. The lowest BCUT2D eigenvalue weighted by atomic mass is 10.1. The van der Waals surface area contributed by atoms with Gasteiger partial charge in [0.1, 0.15) is 5.75 Å². The molecule has 1 amide bonds. The molecule has 122 valence electrons. The number of pyridine rings is 1. The standard InChI is InChI=1S/C18H15ClN2O3/c1-12(13-8-10-20-11-9-13)21-18(22)16-6-7-17(24-16)23-15-5-3-2-4-14(15)19/h2-12H,1H3,(H,21,22)/t12-/m0/s1. The lowest BCUT2D eigenvalue weighted by molar-refractivity contribution is 0.0907. The summed E-state index contributed by atoms with van der Waals surface area (Å²) in [6, 6.07) is 13.7. The van der Waals surface area contributed by atoms with Crippen LogP contribution in [-0.4, -0.2) is 10.9 Å². The number of carbonyl (C=O) groups is 1. The Morgan fingerprint density at radius 1 is 1.17 bits per heavy atom. The van der Waals surface area contributed by atoms with Crippen molar-refractivity contribution < 1.29 is 13.9 Å². The van der Waals surface area contributed by atoms with Crippen LogP contribution < -0.4 is 10.1 Å². The number of halogens is 1. The van der Waals surface area contributed by atoms with Crippen molar-refractivity contribution in [1.29, 1.82) is 0 Å². The second-order valence-electron chi connectivity index (χ2n) is 5.13. The number of rotatable bonds is 5. The Morgan fingerprint density at radius 3 is 2.67 bits per heavy atom. The largest absolute Gasteiger partial charge is 0.424 e.